The van der Waals surface area contributed by atoms with Gasteiger partial charge < -0.3 is 16.0 Å². The minimum absolute atomic E-state index is 0.0139. The monoisotopic (exact) mass is 600 g/mol. The molecule has 0 heterocycles. The molecule has 1 atom stereocenters. The zero-order chi connectivity index (χ0) is 30.1. The maximum absolute atomic E-state index is 13.3. The first-order valence-electron chi connectivity index (χ1n) is 12.6. The molecule has 0 aliphatic heterocycles. The predicted octanol–water partition coefficient (Wildman–Crippen LogP) is 6.78. The first-order valence-corrected chi connectivity index (χ1v) is 13.9. The molecule has 3 N–H and O–H groups in total. The van der Waals surface area contributed by atoms with E-state index in [-0.39, 0.29) is 17.3 Å². The fraction of sp³-hybridized carbons (Fsp3) is 0.0645. The summed E-state index contributed by atoms with van der Waals surface area (Å²) < 4.78 is 0. The third-order valence-corrected chi connectivity index (χ3v) is 7.14. The molecular weight excluding hydrogens is 576 g/mol. The molecule has 0 radical (unpaired) electrons. The first kappa shape index (κ1) is 30.0. The van der Waals surface area contributed by atoms with Crippen LogP contribution in [0.5, 0.6) is 0 Å². The van der Waals surface area contributed by atoms with Gasteiger partial charge in [-0.25, -0.2) is 0 Å². The number of carbonyl (C=O) groups is 3. The third-order valence-electron chi connectivity index (χ3n) is 5.81. The van der Waals surface area contributed by atoms with Crippen LogP contribution in [-0.2, 0) is 9.59 Å². The number of hydrogen-bond donors (Lipinski definition) is 3. The van der Waals surface area contributed by atoms with Gasteiger partial charge in [0.05, 0.1) is 10.2 Å². The molecule has 4 aromatic carbocycles. The molecule has 0 spiro atoms. The topological polar surface area (TPSA) is 130 Å². The van der Waals surface area contributed by atoms with Crippen LogP contribution in [-0.4, -0.2) is 27.9 Å². The molecule has 9 nitrogen and oxygen atoms in total. The van der Waals surface area contributed by atoms with Crippen molar-refractivity contribution in [1.29, 1.82) is 0 Å². The maximum atomic E-state index is 13.3. The molecule has 0 saturated heterocycles. The highest BCUT2D eigenvalue weighted by Crippen LogP contribution is 2.27. The van der Waals surface area contributed by atoms with Gasteiger partial charge in [0.25, 0.3) is 17.5 Å². The minimum Gasteiger partial charge on any atom is -0.325 e. The van der Waals surface area contributed by atoms with Crippen molar-refractivity contribution in [2.45, 2.75) is 17.1 Å². The number of amides is 3. The second kappa shape index (κ2) is 14.1. The summed E-state index contributed by atoms with van der Waals surface area (Å²) in [4.78, 5) is 50.0. The average Bonchev–Trinajstić information content (AvgIpc) is 2.97. The lowest BCUT2D eigenvalue weighted by molar-refractivity contribution is -0.384. The molecule has 0 aromatic heterocycles. The molecule has 3 amide bonds. The zero-order valence-corrected chi connectivity index (χ0v) is 23.8. The van der Waals surface area contributed by atoms with Gasteiger partial charge in [0.15, 0.2) is 0 Å². The van der Waals surface area contributed by atoms with Crippen molar-refractivity contribution in [3.05, 3.63) is 135 Å². The summed E-state index contributed by atoms with van der Waals surface area (Å²) in [6.07, 6.45) is 1.53. The number of nitrogens with zero attached hydrogens (tertiary/aromatic N) is 1. The summed E-state index contributed by atoms with van der Waals surface area (Å²) in [6, 6.07) is 27.9. The van der Waals surface area contributed by atoms with E-state index in [1.807, 2.05) is 0 Å². The van der Waals surface area contributed by atoms with Crippen molar-refractivity contribution in [3.8, 4) is 0 Å². The number of hydrogen-bond acceptors (Lipinski definition) is 6. The Hall–Kier alpha value is -4.93. The van der Waals surface area contributed by atoms with Gasteiger partial charge in [0, 0.05) is 39.0 Å². The van der Waals surface area contributed by atoms with Crippen LogP contribution >= 0.6 is 23.4 Å². The quantitative estimate of drug-likeness (QED) is 0.0796. The van der Waals surface area contributed by atoms with Crippen LogP contribution in [0, 0.1) is 10.1 Å². The van der Waals surface area contributed by atoms with E-state index in [1.54, 1.807) is 85.8 Å². The summed E-state index contributed by atoms with van der Waals surface area (Å²) in [5.74, 6) is -1.29. The Kier molecular flexibility index (Phi) is 10.1. The molecule has 11 heteroatoms. The molecular formula is C31H25ClN4O5S. The molecule has 0 saturated carbocycles. The molecule has 212 valence electrons. The third kappa shape index (κ3) is 8.53. The second-order valence-electron chi connectivity index (χ2n) is 8.97. The van der Waals surface area contributed by atoms with Crippen molar-refractivity contribution in [2.75, 3.05) is 10.6 Å². The molecule has 4 aromatic rings. The van der Waals surface area contributed by atoms with E-state index in [9.17, 15) is 24.5 Å². The van der Waals surface area contributed by atoms with Crippen molar-refractivity contribution in [1.82, 2.24) is 5.32 Å². The fourth-order valence-electron chi connectivity index (χ4n) is 3.72. The lowest BCUT2D eigenvalue weighted by Crippen LogP contribution is -2.30. The molecule has 1 unspecified atom stereocenters. The number of rotatable bonds is 10. The number of benzene rings is 4. The Morgan fingerprint density at radius 2 is 1.57 bits per heavy atom. The van der Waals surface area contributed by atoms with Gasteiger partial charge in [0.1, 0.15) is 5.70 Å². The number of nitrogens with one attached hydrogen (secondary N) is 3. The number of nitro benzene ring substituents is 1. The summed E-state index contributed by atoms with van der Waals surface area (Å²) >= 11 is 7.38. The highest BCUT2D eigenvalue weighted by Gasteiger charge is 2.18. The van der Waals surface area contributed by atoms with Crippen LogP contribution in [0.3, 0.4) is 0 Å². The Bertz CT molecular complexity index is 1640. The molecule has 0 aliphatic carbocycles. The molecule has 0 bridgehead atoms. The highest BCUT2D eigenvalue weighted by molar-refractivity contribution is 8.00. The van der Waals surface area contributed by atoms with Gasteiger partial charge in [-0.1, -0.05) is 48.0 Å². The smallest absolute Gasteiger partial charge is 0.272 e. The standard InChI is InChI=1S/C31H25ClN4O5S/c1-20(29(37)33-24-13-15-26(16-14-24)36(40)41)42-27-12-6-11-25(19-27)34-31(39)28(18-21-7-5-10-23(32)17-21)35-30(38)22-8-3-2-4-9-22/h2-20H,1H3,(H,33,37)(H,34,39)(H,35,38)/b28-18-. The normalized spacial score (nSPS) is 11.7. The number of carbonyl (C=O) groups excluding carboxylic acids is 3. The Morgan fingerprint density at radius 3 is 2.26 bits per heavy atom. The van der Waals surface area contributed by atoms with Gasteiger partial charge in [0.2, 0.25) is 5.91 Å². The number of anilines is 2. The van der Waals surface area contributed by atoms with Gasteiger partial charge in [-0.3, -0.25) is 24.5 Å². The molecule has 0 fully saturated rings. The summed E-state index contributed by atoms with van der Waals surface area (Å²) in [5, 5.41) is 19.0. The van der Waals surface area contributed by atoms with E-state index < -0.39 is 22.0 Å². The number of non-ortho nitro benzene ring substituents is 1. The lowest BCUT2D eigenvalue weighted by atomic mass is 10.1. The van der Waals surface area contributed by atoms with Crippen molar-refractivity contribution in [2.24, 2.45) is 0 Å². The van der Waals surface area contributed by atoms with Crippen LogP contribution < -0.4 is 16.0 Å². The number of halogens is 1. The summed E-state index contributed by atoms with van der Waals surface area (Å²) in [6.45, 7) is 1.72. The fourth-order valence-corrected chi connectivity index (χ4v) is 4.84. The van der Waals surface area contributed by atoms with Crippen LogP contribution in [0.15, 0.2) is 114 Å². The zero-order valence-electron chi connectivity index (χ0n) is 22.2. The Balaban J connectivity index is 1.46. The average molecular weight is 601 g/mol. The van der Waals surface area contributed by atoms with E-state index in [0.717, 1.165) is 0 Å². The van der Waals surface area contributed by atoms with Gasteiger partial charge in [-0.2, -0.15) is 0 Å². The van der Waals surface area contributed by atoms with Gasteiger partial charge in [-0.05, 0) is 73.2 Å². The maximum Gasteiger partial charge on any atom is 0.272 e. The summed E-state index contributed by atoms with van der Waals surface area (Å²) in [5.41, 5.74) is 1.86. The predicted molar refractivity (Wildman–Crippen MR) is 165 cm³/mol. The highest BCUT2D eigenvalue weighted by atomic mass is 35.5. The Morgan fingerprint density at radius 1 is 0.857 bits per heavy atom. The molecule has 0 aliphatic rings. The Labute approximate surface area is 251 Å². The number of nitro groups is 1. The van der Waals surface area contributed by atoms with Crippen LogP contribution in [0.2, 0.25) is 5.02 Å². The first-order chi connectivity index (χ1) is 20.2. The van der Waals surface area contributed by atoms with Crippen LogP contribution in [0.4, 0.5) is 17.1 Å². The van der Waals surface area contributed by atoms with Crippen molar-refractivity contribution < 1.29 is 19.3 Å². The van der Waals surface area contributed by atoms with E-state index in [2.05, 4.69) is 16.0 Å². The minimum atomic E-state index is -0.551. The van der Waals surface area contributed by atoms with Crippen molar-refractivity contribution >= 4 is 64.2 Å². The van der Waals surface area contributed by atoms with Gasteiger partial charge >= 0.3 is 0 Å². The van der Waals surface area contributed by atoms with Crippen molar-refractivity contribution in [3.63, 3.8) is 0 Å². The molecule has 4 rings (SSSR count). The van der Waals surface area contributed by atoms with Gasteiger partial charge in [-0.15, -0.1) is 11.8 Å². The van der Waals surface area contributed by atoms with Crippen LogP contribution in [0.1, 0.15) is 22.8 Å². The van der Waals surface area contributed by atoms with E-state index in [4.69, 9.17) is 11.6 Å². The lowest BCUT2D eigenvalue weighted by Gasteiger charge is -2.14. The van der Waals surface area contributed by atoms with E-state index in [1.165, 1.54) is 42.1 Å². The van der Waals surface area contributed by atoms with E-state index in [0.29, 0.717) is 32.4 Å². The second-order valence-corrected chi connectivity index (χ2v) is 10.8. The van der Waals surface area contributed by atoms with Crippen LogP contribution in [0.25, 0.3) is 6.08 Å². The summed E-state index contributed by atoms with van der Waals surface area (Å²) in [7, 11) is 0. The van der Waals surface area contributed by atoms with E-state index >= 15 is 0 Å². The SMILES string of the molecule is CC(Sc1cccc(NC(=O)/C(=C/c2cccc(Cl)c2)NC(=O)c2ccccc2)c1)C(=O)Nc1ccc([N+](=O)[O-])cc1. The number of thioether (sulfide) groups is 1. The molecule has 42 heavy (non-hydrogen) atoms. The largest absolute Gasteiger partial charge is 0.325 e.